The van der Waals surface area contributed by atoms with Crippen LogP contribution in [-0.2, 0) is 9.84 Å². The molecule has 0 saturated carbocycles. The van der Waals surface area contributed by atoms with Crippen molar-refractivity contribution in [1.82, 2.24) is 15.5 Å². The van der Waals surface area contributed by atoms with Gasteiger partial charge in [0.15, 0.2) is 9.84 Å². The highest BCUT2D eigenvalue weighted by Crippen LogP contribution is 2.15. The first-order valence-electron chi connectivity index (χ1n) is 4.96. The molecule has 2 unspecified atom stereocenters. The van der Waals surface area contributed by atoms with Gasteiger partial charge in [0.1, 0.15) is 5.37 Å². The number of hydrogen-bond acceptors (Lipinski definition) is 5. The molecule has 2 fully saturated rings. The van der Waals surface area contributed by atoms with Crippen molar-refractivity contribution in [2.24, 2.45) is 0 Å². The summed E-state index contributed by atoms with van der Waals surface area (Å²) >= 11 is 0. The van der Waals surface area contributed by atoms with E-state index in [2.05, 4.69) is 15.5 Å². The van der Waals surface area contributed by atoms with E-state index in [1.54, 1.807) is 0 Å². The van der Waals surface area contributed by atoms with Gasteiger partial charge in [-0.05, 0) is 0 Å². The van der Waals surface area contributed by atoms with Crippen LogP contribution >= 0.6 is 0 Å². The summed E-state index contributed by atoms with van der Waals surface area (Å²) in [6, 6.07) is 0.104. The third-order valence-electron chi connectivity index (χ3n) is 2.95. The third kappa shape index (κ3) is 1.93. The maximum absolute atomic E-state index is 11.5. The summed E-state index contributed by atoms with van der Waals surface area (Å²) in [6.45, 7) is 4.42. The molecule has 2 aliphatic rings. The molecule has 2 N–H and O–H groups in total. The Balaban J connectivity index is 2.17. The molecule has 0 aromatic heterocycles. The van der Waals surface area contributed by atoms with E-state index in [4.69, 9.17) is 0 Å². The zero-order valence-corrected chi connectivity index (χ0v) is 9.18. The van der Waals surface area contributed by atoms with E-state index >= 15 is 0 Å². The first kappa shape index (κ1) is 10.4. The fraction of sp³-hybridized carbons (Fsp3) is 1.00. The summed E-state index contributed by atoms with van der Waals surface area (Å²) in [7, 11) is -2.99. The normalized spacial score (nSPS) is 35.2. The highest BCUT2D eigenvalue weighted by molar-refractivity contribution is 7.91. The van der Waals surface area contributed by atoms with Crippen molar-refractivity contribution < 1.29 is 8.42 Å². The smallest absolute Gasteiger partial charge is 0.164 e. The minimum absolute atomic E-state index is 0.104. The number of rotatable bonds is 1. The lowest BCUT2D eigenvalue weighted by molar-refractivity contribution is 0.119. The van der Waals surface area contributed by atoms with Gasteiger partial charge < -0.3 is 5.32 Å². The predicted molar refractivity (Wildman–Crippen MR) is 54.9 cm³/mol. The molecule has 0 bridgehead atoms. The molecule has 2 atom stereocenters. The Hall–Kier alpha value is -0.170. The van der Waals surface area contributed by atoms with E-state index in [-0.39, 0.29) is 6.04 Å². The molecule has 2 aliphatic heterocycles. The molecule has 82 valence electrons. The minimum Gasteiger partial charge on any atom is -0.314 e. The summed E-state index contributed by atoms with van der Waals surface area (Å²) in [5.74, 6) is 0. The van der Waals surface area contributed by atoms with Crippen LogP contribution in [-0.4, -0.2) is 63.7 Å². The summed E-state index contributed by atoms with van der Waals surface area (Å²) in [4.78, 5) is 2.26. The molecule has 0 spiro atoms. The number of piperazine rings is 2. The molecular formula is C8H17N3O2S. The maximum atomic E-state index is 11.5. The lowest BCUT2D eigenvalue weighted by atomic mass is 10.1. The van der Waals surface area contributed by atoms with E-state index in [1.165, 1.54) is 6.26 Å². The van der Waals surface area contributed by atoms with E-state index in [0.717, 1.165) is 32.7 Å². The summed E-state index contributed by atoms with van der Waals surface area (Å²) in [5.41, 5.74) is 0. The topological polar surface area (TPSA) is 61.4 Å². The van der Waals surface area contributed by atoms with Gasteiger partial charge in [0.25, 0.3) is 0 Å². The highest BCUT2D eigenvalue weighted by atomic mass is 32.2. The molecule has 0 aliphatic carbocycles. The van der Waals surface area contributed by atoms with Crippen molar-refractivity contribution in [3.05, 3.63) is 0 Å². The Labute approximate surface area is 84.8 Å². The van der Waals surface area contributed by atoms with E-state index in [1.807, 2.05) is 0 Å². The monoisotopic (exact) mass is 219 g/mol. The van der Waals surface area contributed by atoms with Gasteiger partial charge in [-0.1, -0.05) is 0 Å². The van der Waals surface area contributed by atoms with Crippen LogP contribution in [0.5, 0.6) is 0 Å². The van der Waals surface area contributed by atoms with Crippen LogP contribution in [0.15, 0.2) is 0 Å². The van der Waals surface area contributed by atoms with Crippen LogP contribution in [0.2, 0.25) is 0 Å². The largest absolute Gasteiger partial charge is 0.314 e. The minimum atomic E-state index is -2.99. The quantitative estimate of drug-likeness (QED) is 0.547. The fourth-order valence-electron chi connectivity index (χ4n) is 2.27. The standard InChI is InChI=1S/C8H17N3O2S/c1-14(12,13)8-7-6-9-2-4-11(7)5-3-10-8/h7-10H,2-6H2,1H3. The molecule has 5 nitrogen and oxygen atoms in total. The van der Waals surface area contributed by atoms with E-state index in [0.29, 0.717) is 0 Å². The Morgan fingerprint density at radius 3 is 2.71 bits per heavy atom. The molecule has 2 saturated heterocycles. The van der Waals surface area contributed by atoms with Crippen LogP contribution in [0.4, 0.5) is 0 Å². The lowest BCUT2D eigenvalue weighted by Crippen LogP contribution is -2.66. The number of fused-ring (bicyclic) bond motifs is 1. The van der Waals surface area contributed by atoms with Crippen LogP contribution in [0.1, 0.15) is 0 Å². The van der Waals surface area contributed by atoms with Gasteiger partial charge >= 0.3 is 0 Å². The first-order valence-corrected chi connectivity index (χ1v) is 6.91. The van der Waals surface area contributed by atoms with Crippen LogP contribution in [0.25, 0.3) is 0 Å². The van der Waals surface area contributed by atoms with E-state index < -0.39 is 15.2 Å². The second-order valence-electron chi connectivity index (χ2n) is 4.01. The first-order chi connectivity index (χ1) is 6.59. The van der Waals surface area contributed by atoms with Gasteiger partial charge in [-0.25, -0.2) is 8.42 Å². The molecular weight excluding hydrogens is 202 g/mol. The van der Waals surface area contributed by atoms with Crippen molar-refractivity contribution in [1.29, 1.82) is 0 Å². The second kappa shape index (κ2) is 3.77. The molecule has 0 amide bonds. The highest BCUT2D eigenvalue weighted by Gasteiger charge is 2.38. The SMILES string of the molecule is CS(=O)(=O)C1NCCN2CCNCC12. The van der Waals surface area contributed by atoms with Crippen molar-refractivity contribution >= 4 is 9.84 Å². The summed E-state index contributed by atoms with van der Waals surface area (Å²) in [5, 5.41) is 5.93. The fourth-order valence-corrected chi connectivity index (χ4v) is 3.53. The van der Waals surface area contributed by atoms with Crippen molar-refractivity contribution in [3.63, 3.8) is 0 Å². The molecule has 0 aromatic carbocycles. The van der Waals surface area contributed by atoms with Gasteiger partial charge in [0, 0.05) is 39.0 Å². The van der Waals surface area contributed by atoms with Gasteiger partial charge in [-0.3, -0.25) is 10.2 Å². The zero-order chi connectivity index (χ0) is 10.2. The molecule has 14 heavy (non-hydrogen) atoms. The van der Waals surface area contributed by atoms with Gasteiger partial charge in [-0.15, -0.1) is 0 Å². The average Bonchev–Trinajstić information content (AvgIpc) is 2.15. The van der Waals surface area contributed by atoms with Gasteiger partial charge in [0.05, 0.1) is 6.04 Å². The Morgan fingerprint density at radius 2 is 2.00 bits per heavy atom. The number of nitrogens with one attached hydrogen (secondary N) is 2. The predicted octanol–water partition coefficient (Wildman–Crippen LogP) is -1.77. The van der Waals surface area contributed by atoms with Crippen molar-refractivity contribution in [3.8, 4) is 0 Å². The molecule has 2 rings (SSSR count). The van der Waals surface area contributed by atoms with Crippen LogP contribution in [0, 0.1) is 0 Å². The summed E-state index contributed by atoms with van der Waals surface area (Å²) in [6.07, 6.45) is 1.31. The molecule has 2 heterocycles. The second-order valence-corrected chi connectivity index (χ2v) is 6.18. The Kier molecular flexibility index (Phi) is 2.79. The Bertz CT molecular complexity index is 302. The zero-order valence-electron chi connectivity index (χ0n) is 8.36. The maximum Gasteiger partial charge on any atom is 0.164 e. The average molecular weight is 219 g/mol. The molecule has 0 aromatic rings. The number of sulfone groups is 1. The molecule has 0 radical (unpaired) electrons. The lowest BCUT2D eigenvalue weighted by Gasteiger charge is -2.43. The third-order valence-corrected chi connectivity index (χ3v) is 4.36. The van der Waals surface area contributed by atoms with Gasteiger partial charge in [0.2, 0.25) is 0 Å². The van der Waals surface area contributed by atoms with Gasteiger partial charge in [-0.2, -0.15) is 0 Å². The number of nitrogens with zero attached hydrogens (tertiary/aromatic N) is 1. The van der Waals surface area contributed by atoms with E-state index in [9.17, 15) is 8.42 Å². The van der Waals surface area contributed by atoms with Crippen molar-refractivity contribution in [2.75, 3.05) is 39.0 Å². The summed E-state index contributed by atoms with van der Waals surface area (Å²) < 4.78 is 23.0. The van der Waals surface area contributed by atoms with Crippen LogP contribution < -0.4 is 10.6 Å². The van der Waals surface area contributed by atoms with Crippen LogP contribution in [0.3, 0.4) is 0 Å². The number of hydrogen-bond donors (Lipinski definition) is 2. The molecule has 6 heteroatoms. The Morgan fingerprint density at radius 1 is 1.29 bits per heavy atom. The van der Waals surface area contributed by atoms with Crippen molar-refractivity contribution in [2.45, 2.75) is 11.4 Å².